The summed E-state index contributed by atoms with van der Waals surface area (Å²) in [5.41, 5.74) is 1.44. The maximum absolute atomic E-state index is 11.6. The van der Waals surface area contributed by atoms with Crippen LogP contribution in [0.15, 0.2) is 35.0 Å². The molecule has 0 unspecified atom stereocenters. The van der Waals surface area contributed by atoms with Crippen LogP contribution < -0.4 is 0 Å². The molecule has 0 aliphatic heterocycles. The van der Waals surface area contributed by atoms with Crippen molar-refractivity contribution in [1.29, 1.82) is 0 Å². The zero-order chi connectivity index (χ0) is 13.0. The predicted octanol–water partition coefficient (Wildman–Crippen LogP) is 2.55. The Morgan fingerprint density at radius 2 is 2.17 bits per heavy atom. The van der Waals surface area contributed by atoms with Crippen LogP contribution in [0.5, 0.6) is 0 Å². The zero-order valence-electron chi connectivity index (χ0n) is 10.5. The van der Waals surface area contributed by atoms with Gasteiger partial charge >= 0.3 is 5.97 Å². The summed E-state index contributed by atoms with van der Waals surface area (Å²) in [6.45, 7) is 1.91. The monoisotopic (exact) mass is 245 g/mol. The molecule has 0 N–H and O–H groups in total. The van der Waals surface area contributed by atoms with E-state index >= 15 is 0 Å². The summed E-state index contributed by atoms with van der Waals surface area (Å²) in [6, 6.07) is 5.55. The van der Waals surface area contributed by atoms with Gasteiger partial charge in [-0.1, -0.05) is 0 Å². The van der Waals surface area contributed by atoms with Crippen LogP contribution >= 0.6 is 0 Å². The largest absolute Gasteiger partial charge is 0.466 e. The molecule has 0 aliphatic rings. The Bertz CT molecular complexity index is 545. The number of nitrogens with zero attached hydrogens (tertiary/aromatic N) is 1. The van der Waals surface area contributed by atoms with Crippen LogP contribution in [0.4, 0.5) is 0 Å². The average Bonchev–Trinajstić information content (AvgIpc) is 2.81. The SMILES string of the molecule is COC(=O)c1ccncc1CCc1ccc(C)o1. The number of aryl methyl sites for hydroxylation is 3. The molecule has 2 aromatic rings. The van der Waals surface area contributed by atoms with Crippen molar-refractivity contribution in [3.63, 3.8) is 0 Å². The number of carbonyl (C=O) groups is 1. The third kappa shape index (κ3) is 2.77. The smallest absolute Gasteiger partial charge is 0.338 e. The highest BCUT2D eigenvalue weighted by molar-refractivity contribution is 5.90. The van der Waals surface area contributed by atoms with Crippen LogP contribution in [-0.2, 0) is 17.6 Å². The molecular formula is C14H15NO3. The highest BCUT2D eigenvalue weighted by Crippen LogP contribution is 2.14. The summed E-state index contributed by atoms with van der Waals surface area (Å²) in [7, 11) is 1.38. The fraction of sp³-hybridized carbons (Fsp3) is 0.286. The summed E-state index contributed by atoms with van der Waals surface area (Å²) < 4.78 is 10.2. The van der Waals surface area contributed by atoms with E-state index in [1.807, 2.05) is 19.1 Å². The third-order valence-corrected chi connectivity index (χ3v) is 2.75. The molecule has 0 amide bonds. The van der Waals surface area contributed by atoms with Crippen molar-refractivity contribution in [2.24, 2.45) is 0 Å². The minimum Gasteiger partial charge on any atom is -0.466 e. The molecule has 0 aromatic carbocycles. The van der Waals surface area contributed by atoms with Crippen molar-refractivity contribution in [2.45, 2.75) is 19.8 Å². The molecule has 0 radical (unpaired) electrons. The first-order valence-corrected chi connectivity index (χ1v) is 5.77. The van der Waals surface area contributed by atoms with E-state index in [1.54, 1.807) is 18.5 Å². The number of pyridine rings is 1. The van der Waals surface area contributed by atoms with E-state index in [4.69, 9.17) is 9.15 Å². The molecule has 0 bridgehead atoms. The second-order valence-corrected chi connectivity index (χ2v) is 4.04. The van der Waals surface area contributed by atoms with Crippen molar-refractivity contribution in [3.8, 4) is 0 Å². The van der Waals surface area contributed by atoms with E-state index in [2.05, 4.69) is 4.98 Å². The molecule has 2 rings (SSSR count). The quantitative estimate of drug-likeness (QED) is 0.777. The van der Waals surface area contributed by atoms with Gasteiger partial charge in [-0.05, 0) is 37.1 Å². The number of ether oxygens (including phenoxy) is 1. The Kier molecular flexibility index (Phi) is 3.77. The molecule has 0 spiro atoms. The lowest BCUT2D eigenvalue weighted by molar-refractivity contribution is 0.0599. The van der Waals surface area contributed by atoms with Gasteiger partial charge in [0.2, 0.25) is 0 Å². The highest BCUT2D eigenvalue weighted by Gasteiger charge is 2.11. The fourth-order valence-electron chi connectivity index (χ4n) is 1.81. The summed E-state index contributed by atoms with van der Waals surface area (Å²) in [4.78, 5) is 15.6. The summed E-state index contributed by atoms with van der Waals surface area (Å²) in [5, 5.41) is 0. The van der Waals surface area contributed by atoms with E-state index < -0.39 is 0 Å². The second-order valence-electron chi connectivity index (χ2n) is 4.04. The minimum absolute atomic E-state index is 0.331. The number of hydrogen-bond acceptors (Lipinski definition) is 4. The van der Waals surface area contributed by atoms with E-state index in [0.29, 0.717) is 12.0 Å². The lowest BCUT2D eigenvalue weighted by Gasteiger charge is -2.05. The molecule has 4 heteroatoms. The van der Waals surface area contributed by atoms with Gasteiger partial charge in [-0.15, -0.1) is 0 Å². The molecule has 2 aromatic heterocycles. The highest BCUT2D eigenvalue weighted by atomic mass is 16.5. The minimum atomic E-state index is -0.331. The maximum Gasteiger partial charge on any atom is 0.338 e. The van der Waals surface area contributed by atoms with Crippen molar-refractivity contribution in [3.05, 3.63) is 53.2 Å². The predicted molar refractivity (Wildman–Crippen MR) is 66.4 cm³/mol. The normalized spacial score (nSPS) is 10.3. The first-order valence-electron chi connectivity index (χ1n) is 5.77. The summed E-state index contributed by atoms with van der Waals surface area (Å²) in [6.07, 6.45) is 4.73. The average molecular weight is 245 g/mol. The Morgan fingerprint density at radius 3 is 2.83 bits per heavy atom. The number of carbonyl (C=O) groups excluding carboxylic acids is 1. The zero-order valence-corrected chi connectivity index (χ0v) is 10.5. The maximum atomic E-state index is 11.6. The molecule has 0 fully saturated rings. The van der Waals surface area contributed by atoms with E-state index in [0.717, 1.165) is 23.5 Å². The van der Waals surface area contributed by atoms with Crippen molar-refractivity contribution < 1.29 is 13.9 Å². The van der Waals surface area contributed by atoms with Gasteiger partial charge < -0.3 is 9.15 Å². The Balaban J connectivity index is 2.11. The first-order chi connectivity index (χ1) is 8.70. The fourth-order valence-corrected chi connectivity index (χ4v) is 1.81. The third-order valence-electron chi connectivity index (χ3n) is 2.75. The van der Waals surface area contributed by atoms with Gasteiger partial charge in [-0.25, -0.2) is 4.79 Å². The van der Waals surface area contributed by atoms with Crippen LogP contribution in [0.2, 0.25) is 0 Å². The molecule has 0 saturated heterocycles. The number of methoxy groups -OCH3 is 1. The number of aromatic nitrogens is 1. The van der Waals surface area contributed by atoms with Gasteiger partial charge in [0, 0.05) is 18.8 Å². The van der Waals surface area contributed by atoms with E-state index in [-0.39, 0.29) is 5.97 Å². The van der Waals surface area contributed by atoms with Gasteiger partial charge in [-0.3, -0.25) is 4.98 Å². The van der Waals surface area contributed by atoms with Gasteiger partial charge in [0.15, 0.2) is 0 Å². The number of furan rings is 1. The molecule has 2 heterocycles. The number of rotatable bonds is 4. The van der Waals surface area contributed by atoms with E-state index in [1.165, 1.54) is 7.11 Å². The van der Waals surface area contributed by atoms with Gasteiger partial charge in [0.25, 0.3) is 0 Å². The molecular weight excluding hydrogens is 230 g/mol. The Hall–Kier alpha value is -2.10. The first kappa shape index (κ1) is 12.4. The summed E-state index contributed by atoms with van der Waals surface area (Å²) >= 11 is 0. The molecule has 0 atom stereocenters. The topological polar surface area (TPSA) is 52.3 Å². The molecule has 4 nitrogen and oxygen atoms in total. The van der Waals surface area contributed by atoms with Crippen LogP contribution in [-0.4, -0.2) is 18.1 Å². The standard InChI is InChI=1S/C14H15NO3/c1-10-3-5-12(18-10)6-4-11-9-15-8-7-13(11)14(16)17-2/h3,5,7-9H,4,6H2,1-2H3. The Morgan fingerprint density at radius 1 is 1.33 bits per heavy atom. The molecule has 18 heavy (non-hydrogen) atoms. The number of esters is 1. The van der Waals surface area contributed by atoms with Crippen LogP contribution in [0, 0.1) is 6.92 Å². The van der Waals surface area contributed by atoms with Crippen molar-refractivity contribution >= 4 is 5.97 Å². The van der Waals surface area contributed by atoms with Crippen LogP contribution in [0.3, 0.4) is 0 Å². The second kappa shape index (κ2) is 5.49. The lowest BCUT2D eigenvalue weighted by Crippen LogP contribution is -2.07. The Labute approximate surface area is 106 Å². The molecule has 94 valence electrons. The van der Waals surface area contributed by atoms with Crippen molar-refractivity contribution in [2.75, 3.05) is 7.11 Å². The lowest BCUT2D eigenvalue weighted by atomic mass is 10.1. The van der Waals surface area contributed by atoms with Gasteiger partial charge in [0.1, 0.15) is 11.5 Å². The van der Waals surface area contributed by atoms with Gasteiger partial charge in [-0.2, -0.15) is 0 Å². The summed E-state index contributed by atoms with van der Waals surface area (Å²) in [5.74, 6) is 1.47. The van der Waals surface area contributed by atoms with E-state index in [9.17, 15) is 4.79 Å². The van der Waals surface area contributed by atoms with Gasteiger partial charge in [0.05, 0.1) is 12.7 Å². The molecule has 0 aliphatic carbocycles. The van der Waals surface area contributed by atoms with Crippen LogP contribution in [0.1, 0.15) is 27.4 Å². The molecule has 0 saturated carbocycles. The van der Waals surface area contributed by atoms with Crippen LogP contribution in [0.25, 0.3) is 0 Å². The number of hydrogen-bond donors (Lipinski definition) is 0. The van der Waals surface area contributed by atoms with Crippen molar-refractivity contribution in [1.82, 2.24) is 4.98 Å².